The minimum Gasteiger partial charge on any atom is -0.368 e. The summed E-state index contributed by atoms with van der Waals surface area (Å²) in [5, 5.41) is 0. The summed E-state index contributed by atoms with van der Waals surface area (Å²) in [5.74, 6) is -0.135. The fraction of sp³-hybridized carbons (Fsp3) is 0.208. The largest absolute Gasteiger partial charge is 0.368 e. The van der Waals surface area contributed by atoms with Crippen molar-refractivity contribution in [3.8, 4) is 0 Å². The number of anilines is 1. The first kappa shape index (κ1) is 21.1. The second kappa shape index (κ2) is 8.91. The molecule has 0 aromatic heterocycles. The van der Waals surface area contributed by atoms with E-state index < -0.39 is 10.1 Å². The second-order valence-electron chi connectivity index (χ2n) is 7.57. The number of carbonyl (C=O) groups excluding carboxylic acids is 1. The summed E-state index contributed by atoms with van der Waals surface area (Å²) in [5.41, 5.74) is 2.86. The number of rotatable bonds is 5. The van der Waals surface area contributed by atoms with Crippen molar-refractivity contribution in [2.75, 3.05) is 31.1 Å². The molecular weight excluding hydrogens is 412 g/mol. The lowest BCUT2D eigenvalue weighted by Crippen LogP contribution is -2.48. The quantitative estimate of drug-likeness (QED) is 0.620. The molecule has 1 fully saturated rings. The highest BCUT2D eigenvalue weighted by molar-refractivity contribution is 7.85. The van der Waals surface area contributed by atoms with Crippen molar-refractivity contribution in [2.24, 2.45) is 0 Å². The van der Waals surface area contributed by atoms with Crippen molar-refractivity contribution < 1.29 is 17.8 Å². The topological polar surface area (TPSA) is 77.9 Å². The molecule has 6 nitrogen and oxygen atoms in total. The fourth-order valence-electron chi connectivity index (χ4n) is 3.91. The van der Waals surface area contributed by atoms with Gasteiger partial charge in [-0.2, -0.15) is 8.42 Å². The molecule has 0 saturated carbocycles. The smallest absolute Gasteiger partial charge is 0.294 e. The van der Waals surface area contributed by atoms with E-state index in [2.05, 4.69) is 17.0 Å². The van der Waals surface area contributed by atoms with E-state index in [4.69, 9.17) is 0 Å². The van der Waals surface area contributed by atoms with Crippen molar-refractivity contribution in [1.82, 2.24) is 4.90 Å². The van der Waals surface area contributed by atoms with E-state index in [0.29, 0.717) is 30.6 Å². The van der Waals surface area contributed by atoms with Gasteiger partial charge >= 0.3 is 0 Å². The Morgan fingerprint density at radius 1 is 0.839 bits per heavy atom. The highest BCUT2D eigenvalue weighted by atomic mass is 32.2. The molecule has 1 N–H and O–H groups in total. The molecule has 1 aliphatic rings. The van der Waals surface area contributed by atoms with E-state index in [-0.39, 0.29) is 10.8 Å². The summed E-state index contributed by atoms with van der Waals surface area (Å²) in [7, 11) is -4.39. The predicted molar refractivity (Wildman–Crippen MR) is 120 cm³/mol. The summed E-state index contributed by atoms with van der Waals surface area (Å²) in [6.07, 6.45) is 0.304. The third-order valence-corrected chi connectivity index (χ3v) is 6.47. The van der Waals surface area contributed by atoms with Gasteiger partial charge < -0.3 is 9.80 Å². The van der Waals surface area contributed by atoms with Crippen molar-refractivity contribution in [2.45, 2.75) is 11.3 Å². The molecule has 0 radical (unpaired) electrons. The molecule has 1 heterocycles. The number of benzene rings is 3. The molecule has 1 saturated heterocycles. The van der Waals surface area contributed by atoms with Crippen LogP contribution in [0.25, 0.3) is 0 Å². The van der Waals surface area contributed by atoms with Crippen LogP contribution in [0.4, 0.5) is 5.69 Å². The lowest BCUT2D eigenvalue weighted by molar-refractivity contribution is 0.0746. The van der Waals surface area contributed by atoms with E-state index in [9.17, 15) is 17.8 Å². The van der Waals surface area contributed by atoms with Crippen LogP contribution in [-0.4, -0.2) is 50.0 Å². The number of carbonyl (C=O) groups is 1. The maximum Gasteiger partial charge on any atom is 0.294 e. The highest BCUT2D eigenvalue weighted by Gasteiger charge is 2.24. The first-order valence-electron chi connectivity index (χ1n) is 10.2. The monoisotopic (exact) mass is 436 g/mol. The van der Waals surface area contributed by atoms with E-state index >= 15 is 0 Å². The molecule has 31 heavy (non-hydrogen) atoms. The minimum atomic E-state index is -4.39. The van der Waals surface area contributed by atoms with E-state index in [1.165, 1.54) is 12.1 Å². The second-order valence-corrected chi connectivity index (χ2v) is 8.96. The summed E-state index contributed by atoms with van der Waals surface area (Å²) in [6.45, 7) is 2.63. The lowest BCUT2D eigenvalue weighted by atomic mass is 10.0. The Kier molecular flexibility index (Phi) is 6.06. The van der Waals surface area contributed by atoms with Gasteiger partial charge in [-0.1, -0.05) is 48.5 Å². The van der Waals surface area contributed by atoms with Gasteiger partial charge in [0.25, 0.3) is 16.0 Å². The van der Waals surface area contributed by atoms with E-state index in [1.807, 2.05) is 48.5 Å². The Balaban J connectivity index is 1.54. The van der Waals surface area contributed by atoms with Crippen molar-refractivity contribution in [3.05, 3.63) is 95.6 Å². The average Bonchev–Trinajstić information content (AvgIpc) is 2.79. The molecule has 1 aliphatic heterocycles. The van der Waals surface area contributed by atoms with Gasteiger partial charge in [-0.05, 0) is 47.9 Å². The van der Waals surface area contributed by atoms with Crippen molar-refractivity contribution in [3.63, 3.8) is 0 Å². The molecule has 3 aromatic carbocycles. The number of para-hydroxylation sites is 1. The maximum atomic E-state index is 13.1. The molecular formula is C24H24N2O4S. The Hall–Kier alpha value is -3.16. The van der Waals surface area contributed by atoms with Crippen LogP contribution in [0.15, 0.2) is 83.8 Å². The molecule has 0 atom stereocenters. The molecule has 0 unspecified atom stereocenters. The Morgan fingerprint density at radius 3 is 2.06 bits per heavy atom. The first-order valence-corrected chi connectivity index (χ1v) is 11.6. The van der Waals surface area contributed by atoms with Gasteiger partial charge in [-0.15, -0.1) is 0 Å². The zero-order valence-electron chi connectivity index (χ0n) is 17.0. The van der Waals surface area contributed by atoms with Gasteiger partial charge in [0, 0.05) is 37.4 Å². The van der Waals surface area contributed by atoms with Crippen LogP contribution in [0.3, 0.4) is 0 Å². The molecule has 4 rings (SSSR count). The average molecular weight is 437 g/mol. The normalized spacial score (nSPS) is 14.5. The summed E-state index contributed by atoms with van der Waals surface area (Å²) < 4.78 is 33.3. The summed E-state index contributed by atoms with van der Waals surface area (Å²) >= 11 is 0. The number of piperazine rings is 1. The van der Waals surface area contributed by atoms with Crippen LogP contribution in [0.1, 0.15) is 21.5 Å². The Labute approximate surface area is 182 Å². The number of hydrogen-bond acceptors (Lipinski definition) is 4. The first-order chi connectivity index (χ1) is 14.9. The van der Waals surface area contributed by atoms with Crippen molar-refractivity contribution in [1.29, 1.82) is 0 Å². The summed E-state index contributed by atoms with van der Waals surface area (Å²) in [6, 6.07) is 23.8. The Bertz CT molecular complexity index is 1160. The van der Waals surface area contributed by atoms with Gasteiger partial charge in [-0.3, -0.25) is 9.35 Å². The Morgan fingerprint density at radius 2 is 1.45 bits per heavy atom. The van der Waals surface area contributed by atoms with Gasteiger partial charge in [0.2, 0.25) is 0 Å². The maximum absolute atomic E-state index is 13.1. The van der Waals surface area contributed by atoms with Gasteiger partial charge in [0.15, 0.2) is 0 Å². The van der Waals surface area contributed by atoms with Crippen LogP contribution in [0, 0.1) is 0 Å². The standard InChI is InChI=1S/C24H24N2O4S/c27-24(26-15-13-25(14-16-26)22-9-5-2-6-10-22)20-11-12-23(31(28,29)30)21(18-20)17-19-7-3-1-4-8-19/h1-12,18H,13-17H2,(H,28,29,30). The van der Waals surface area contributed by atoms with Crippen LogP contribution in [0.2, 0.25) is 0 Å². The van der Waals surface area contributed by atoms with Gasteiger partial charge in [-0.25, -0.2) is 0 Å². The molecule has 160 valence electrons. The van der Waals surface area contributed by atoms with E-state index in [1.54, 1.807) is 11.0 Å². The number of nitrogens with zero attached hydrogens (tertiary/aromatic N) is 2. The highest BCUT2D eigenvalue weighted by Crippen LogP contribution is 2.23. The number of amides is 1. The van der Waals surface area contributed by atoms with Crippen LogP contribution in [-0.2, 0) is 16.5 Å². The van der Waals surface area contributed by atoms with Crippen molar-refractivity contribution >= 4 is 21.7 Å². The zero-order valence-corrected chi connectivity index (χ0v) is 17.8. The van der Waals surface area contributed by atoms with Crippen LogP contribution in [0.5, 0.6) is 0 Å². The third kappa shape index (κ3) is 4.95. The molecule has 7 heteroatoms. The zero-order chi connectivity index (χ0) is 21.8. The van der Waals surface area contributed by atoms with E-state index in [0.717, 1.165) is 24.3 Å². The molecule has 0 spiro atoms. The summed E-state index contributed by atoms with van der Waals surface area (Å²) in [4.78, 5) is 17.0. The SMILES string of the molecule is O=C(c1ccc(S(=O)(=O)O)c(Cc2ccccc2)c1)N1CCN(c2ccccc2)CC1. The fourth-order valence-corrected chi connectivity index (χ4v) is 4.61. The molecule has 1 amide bonds. The number of hydrogen-bond donors (Lipinski definition) is 1. The van der Waals surface area contributed by atoms with Crippen LogP contribution < -0.4 is 4.90 Å². The third-order valence-electron chi connectivity index (χ3n) is 5.51. The minimum absolute atomic E-state index is 0.135. The van der Waals surface area contributed by atoms with Gasteiger partial charge in [0.05, 0.1) is 4.90 Å². The molecule has 0 aliphatic carbocycles. The molecule has 3 aromatic rings. The van der Waals surface area contributed by atoms with Gasteiger partial charge in [0.1, 0.15) is 0 Å². The lowest BCUT2D eigenvalue weighted by Gasteiger charge is -2.36. The predicted octanol–water partition coefficient (Wildman–Crippen LogP) is 3.49. The van der Waals surface area contributed by atoms with Crippen LogP contribution >= 0.6 is 0 Å². The molecule has 0 bridgehead atoms.